The molecule has 1 heterocycles. The molecule has 0 saturated carbocycles. The maximum absolute atomic E-state index is 11.4. The summed E-state index contributed by atoms with van der Waals surface area (Å²) in [5, 5.41) is 2.75. The van der Waals surface area contributed by atoms with Crippen molar-refractivity contribution in [2.24, 2.45) is 0 Å². The quantitative estimate of drug-likeness (QED) is 0.751. The van der Waals surface area contributed by atoms with Gasteiger partial charge in [-0.3, -0.25) is 9.59 Å². The van der Waals surface area contributed by atoms with Crippen LogP contribution in [0.5, 0.6) is 0 Å². The van der Waals surface area contributed by atoms with Crippen LogP contribution in [0.2, 0.25) is 0 Å². The Bertz CT molecular complexity index is 233. The predicted molar refractivity (Wildman–Crippen MR) is 57.2 cm³/mol. The second-order valence-corrected chi connectivity index (χ2v) is 4.47. The van der Waals surface area contributed by atoms with Crippen molar-refractivity contribution < 1.29 is 9.59 Å². The lowest BCUT2D eigenvalue weighted by atomic mass is 10.4. The molecule has 1 atom stereocenters. The van der Waals surface area contributed by atoms with Crippen LogP contribution < -0.4 is 5.32 Å². The van der Waals surface area contributed by atoms with E-state index in [0.29, 0.717) is 13.1 Å². The Morgan fingerprint density at radius 3 is 2.93 bits per heavy atom. The molecule has 14 heavy (non-hydrogen) atoms. The fourth-order valence-electron chi connectivity index (χ4n) is 1.35. The largest absolute Gasteiger partial charge is 0.355 e. The highest BCUT2D eigenvalue weighted by atomic mass is 79.9. The van der Waals surface area contributed by atoms with Crippen molar-refractivity contribution in [3.8, 4) is 0 Å². The average molecular weight is 263 g/mol. The Kier molecular flexibility index (Phi) is 4.38. The Morgan fingerprint density at radius 2 is 2.43 bits per heavy atom. The van der Waals surface area contributed by atoms with Crippen LogP contribution in [0.1, 0.15) is 19.8 Å². The van der Waals surface area contributed by atoms with Crippen molar-refractivity contribution in [3.05, 3.63) is 0 Å². The molecule has 0 aromatic heterocycles. The Morgan fingerprint density at radius 1 is 1.71 bits per heavy atom. The predicted octanol–water partition coefficient (Wildman–Crippen LogP) is 0.508. The van der Waals surface area contributed by atoms with Gasteiger partial charge in [-0.15, -0.1) is 0 Å². The zero-order chi connectivity index (χ0) is 10.6. The Labute approximate surface area is 92.2 Å². The minimum Gasteiger partial charge on any atom is -0.355 e. The lowest BCUT2D eigenvalue weighted by molar-refractivity contribution is -0.132. The zero-order valence-corrected chi connectivity index (χ0v) is 9.84. The topological polar surface area (TPSA) is 49.4 Å². The van der Waals surface area contributed by atoms with Gasteiger partial charge in [-0.05, 0) is 12.8 Å². The van der Waals surface area contributed by atoms with E-state index in [2.05, 4.69) is 21.2 Å². The van der Waals surface area contributed by atoms with Gasteiger partial charge in [0.25, 0.3) is 0 Å². The molecule has 0 bridgehead atoms. The lowest BCUT2D eigenvalue weighted by Gasteiger charge is -2.14. The van der Waals surface area contributed by atoms with Crippen molar-refractivity contribution in [3.63, 3.8) is 0 Å². The molecule has 0 aromatic rings. The molecule has 1 saturated heterocycles. The van der Waals surface area contributed by atoms with E-state index in [9.17, 15) is 9.59 Å². The fourth-order valence-corrected chi connectivity index (χ4v) is 1.85. The molecule has 1 unspecified atom stereocenters. The van der Waals surface area contributed by atoms with Crippen molar-refractivity contribution >= 4 is 27.7 Å². The van der Waals surface area contributed by atoms with Crippen molar-refractivity contribution in [1.82, 2.24) is 10.2 Å². The van der Waals surface area contributed by atoms with Crippen LogP contribution >= 0.6 is 15.9 Å². The van der Waals surface area contributed by atoms with Gasteiger partial charge in [0.05, 0.1) is 11.4 Å². The van der Waals surface area contributed by atoms with E-state index < -0.39 is 0 Å². The summed E-state index contributed by atoms with van der Waals surface area (Å²) in [6.45, 7) is 3.55. The minimum atomic E-state index is -0.0959. The first-order chi connectivity index (χ1) is 6.65. The number of carbonyl (C=O) groups excluding carboxylic acids is 2. The molecule has 0 radical (unpaired) electrons. The molecule has 0 aliphatic carbocycles. The van der Waals surface area contributed by atoms with Gasteiger partial charge in [0.2, 0.25) is 11.8 Å². The summed E-state index contributed by atoms with van der Waals surface area (Å²) in [6, 6.07) is 0. The smallest absolute Gasteiger partial charge is 0.239 e. The van der Waals surface area contributed by atoms with Crippen LogP contribution in [-0.2, 0) is 9.59 Å². The molecule has 0 aromatic carbocycles. The van der Waals surface area contributed by atoms with Gasteiger partial charge < -0.3 is 10.2 Å². The first kappa shape index (κ1) is 11.5. The molecule has 2 amide bonds. The van der Waals surface area contributed by atoms with Gasteiger partial charge in [-0.25, -0.2) is 0 Å². The first-order valence-corrected chi connectivity index (χ1v) is 5.76. The molecule has 1 rings (SSSR count). The number of hydrogen-bond acceptors (Lipinski definition) is 2. The number of nitrogens with one attached hydrogen (secondary N) is 1. The number of nitrogens with zero attached hydrogens (tertiary/aromatic N) is 1. The van der Waals surface area contributed by atoms with E-state index in [-0.39, 0.29) is 23.2 Å². The summed E-state index contributed by atoms with van der Waals surface area (Å²) in [6.07, 6.45) is 1.71. The minimum absolute atomic E-state index is 0.0247. The monoisotopic (exact) mass is 262 g/mol. The van der Waals surface area contributed by atoms with Crippen molar-refractivity contribution in [1.29, 1.82) is 0 Å². The van der Waals surface area contributed by atoms with E-state index in [1.807, 2.05) is 6.92 Å². The molecular weight excluding hydrogens is 248 g/mol. The van der Waals surface area contributed by atoms with Gasteiger partial charge in [0.1, 0.15) is 0 Å². The van der Waals surface area contributed by atoms with Gasteiger partial charge >= 0.3 is 0 Å². The molecule has 1 aliphatic rings. The molecule has 1 aliphatic heterocycles. The number of rotatable bonds is 4. The molecule has 80 valence electrons. The van der Waals surface area contributed by atoms with Crippen LogP contribution in [0.3, 0.4) is 0 Å². The molecule has 0 spiro atoms. The maximum Gasteiger partial charge on any atom is 0.239 e. The molecular formula is C9H15BrN2O2. The average Bonchev–Trinajstić information content (AvgIpc) is 2.46. The number of carbonyl (C=O) groups is 2. The lowest BCUT2D eigenvalue weighted by Crippen LogP contribution is -2.39. The van der Waals surface area contributed by atoms with Crippen LogP contribution in [0.4, 0.5) is 0 Å². The van der Waals surface area contributed by atoms with Crippen LogP contribution in [0.25, 0.3) is 0 Å². The highest BCUT2D eigenvalue weighted by Crippen LogP contribution is 2.17. The van der Waals surface area contributed by atoms with Gasteiger partial charge in [-0.2, -0.15) is 0 Å². The molecule has 4 nitrogen and oxygen atoms in total. The molecule has 1 fully saturated rings. The SMILES string of the molecule is CCCNC(=O)CN1CCC(Br)C1=O. The van der Waals surface area contributed by atoms with E-state index in [0.717, 1.165) is 12.8 Å². The summed E-state index contributed by atoms with van der Waals surface area (Å²) >= 11 is 3.26. The summed E-state index contributed by atoms with van der Waals surface area (Å²) in [5.41, 5.74) is 0. The van der Waals surface area contributed by atoms with Crippen molar-refractivity contribution in [2.75, 3.05) is 19.6 Å². The van der Waals surface area contributed by atoms with Crippen LogP contribution in [0, 0.1) is 0 Å². The third kappa shape index (κ3) is 2.97. The Hall–Kier alpha value is -0.580. The highest BCUT2D eigenvalue weighted by Gasteiger charge is 2.30. The van der Waals surface area contributed by atoms with Crippen LogP contribution in [-0.4, -0.2) is 41.2 Å². The van der Waals surface area contributed by atoms with E-state index in [1.54, 1.807) is 4.90 Å². The third-order valence-corrected chi connectivity index (χ3v) is 2.99. The summed E-state index contributed by atoms with van der Waals surface area (Å²) in [7, 11) is 0. The normalized spacial score (nSPS) is 21.4. The van der Waals surface area contributed by atoms with E-state index in [1.165, 1.54) is 0 Å². The van der Waals surface area contributed by atoms with Crippen LogP contribution in [0.15, 0.2) is 0 Å². The number of alkyl halides is 1. The third-order valence-electron chi connectivity index (χ3n) is 2.14. The van der Waals surface area contributed by atoms with Crippen molar-refractivity contribution in [2.45, 2.75) is 24.6 Å². The highest BCUT2D eigenvalue weighted by molar-refractivity contribution is 9.10. The number of amides is 2. The maximum atomic E-state index is 11.4. The summed E-state index contributed by atoms with van der Waals surface area (Å²) in [4.78, 5) is 24.2. The summed E-state index contributed by atoms with van der Waals surface area (Å²) < 4.78 is 0. The standard InChI is InChI=1S/C9H15BrN2O2/c1-2-4-11-8(13)6-12-5-3-7(10)9(12)14/h7H,2-6H2,1H3,(H,11,13). The zero-order valence-electron chi connectivity index (χ0n) is 8.25. The number of hydrogen-bond donors (Lipinski definition) is 1. The fraction of sp³-hybridized carbons (Fsp3) is 0.778. The van der Waals surface area contributed by atoms with Gasteiger partial charge in [0.15, 0.2) is 0 Å². The molecule has 1 N–H and O–H groups in total. The van der Waals surface area contributed by atoms with Gasteiger partial charge in [-0.1, -0.05) is 22.9 Å². The second-order valence-electron chi connectivity index (χ2n) is 3.37. The second kappa shape index (κ2) is 5.34. The van der Waals surface area contributed by atoms with E-state index >= 15 is 0 Å². The number of likely N-dealkylation sites (tertiary alicyclic amines) is 1. The van der Waals surface area contributed by atoms with Gasteiger partial charge in [0, 0.05) is 13.1 Å². The molecule has 5 heteroatoms. The summed E-state index contributed by atoms with van der Waals surface area (Å²) in [5.74, 6) is -0.0431. The van der Waals surface area contributed by atoms with E-state index in [4.69, 9.17) is 0 Å². The number of halogens is 1. The first-order valence-electron chi connectivity index (χ1n) is 4.84. The Balaban J connectivity index is 2.30.